The van der Waals surface area contributed by atoms with Gasteiger partial charge in [-0.3, -0.25) is 4.79 Å². The Morgan fingerprint density at radius 3 is 2.73 bits per heavy atom. The molecule has 15 heavy (non-hydrogen) atoms. The monoisotopic (exact) mass is 272 g/mol. The van der Waals surface area contributed by atoms with Crippen LogP contribution in [0.4, 0.5) is 0 Å². The molecule has 5 heteroatoms. The van der Waals surface area contributed by atoms with Crippen molar-refractivity contribution in [3.8, 4) is 0 Å². The van der Waals surface area contributed by atoms with Gasteiger partial charge >= 0.3 is 0 Å². The van der Waals surface area contributed by atoms with E-state index in [0.29, 0.717) is 16.8 Å². The molecule has 0 unspecified atom stereocenters. The summed E-state index contributed by atoms with van der Waals surface area (Å²) in [7, 11) is 0. The van der Waals surface area contributed by atoms with Gasteiger partial charge in [0.05, 0.1) is 0 Å². The van der Waals surface area contributed by atoms with E-state index in [-0.39, 0.29) is 5.92 Å². The lowest BCUT2D eigenvalue weighted by Gasteiger charge is -2.07. The highest BCUT2D eigenvalue weighted by molar-refractivity contribution is 9.10. The first-order valence-corrected chi connectivity index (χ1v) is 5.38. The van der Waals surface area contributed by atoms with Crippen LogP contribution >= 0.6 is 15.9 Å². The van der Waals surface area contributed by atoms with E-state index in [2.05, 4.69) is 26.5 Å². The maximum absolute atomic E-state index is 10.2. The molecular formula is C10H13BrN2O2. The third kappa shape index (κ3) is 2.92. The summed E-state index contributed by atoms with van der Waals surface area (Å²) in [6, 6.07) is 1.87. The zero-order chi connectivity index (χ0) is 11.4. The van der Waals surface area contributed by atoms with Crippen molar-refractivity contribution in [2.24, 2.45) is 11.0 Å². The van der Waals surface area contributed by atoms with Crippen molar-refractivity contribution in [2.75, 3.05) is 0 Å². The smallest absolute Gasteiger partial charge is 0.227 e. The highest BCUT2D eigenvalue weighted by Gasteiger charge is 2.16. The van der Waals surface area contributed by atoms with Gasteiger partial charge in [-0.2, -0.15) is 5.10 Å². The predicted molar refractivity (Wildman–Crippen MR) is 61.7 cm³/mol. The molecule has 1 aromatic rings. The van der Waals surface area contributed by atoms with Crippen molar-refractivity contribution in [3.05, 3.63) is 22.1 Å². The van der Waals surface area contributed by atoms with Crippen LogP contribution in [0.3, 0.4) is 0 Å². The van der Waals surface area contributed by atoms with E-state index in [0.717, 1.165) is 11.3 Å². The van der Waals surface area contributed by atoms with E-state index in [1.807, 2.05) is 26.8 Å². The molecule has 0 aliphatic heterocycles. The van der Waals surface area contributed by atoms with Gasteiger partial charge in [0.2, 0.25) is 6.41 Å². The van der Waals surface area contributed by atoms with Crippen molar-refractivity contribution in [3.63, 3.8) is 0 Å². The number of amides is 1. The molecule has 0 aliphatic rings. The number of furan rings is 1. The molecular weight excluding hydrogens is 260 g/mol. The van der Waals surface area contributed by atoms with E-state index in [1.165, 1.54) is 0 Å². The third-order valence-electron chi connectivity index (χ3n) is 1.90. The number of nitrogens with zero attached hydrogens (tertiary/aromatic N) is 1. The molecule has 82 valence electrons. The second-order valence-corrected chi connectivity index (χ2v) is 4.24. The number of hydrogen-bond acceptors (Lipinski definition) is 3. The van der Waals surface area contributed by atoms with Crippen LogP contribution in [0, 0.1) is 12.8 Å². The molecule has 0 saturated heterocycles. The summed E-state index contributed by atoms with van der Waals surface area (Å²) in [4.78, 5) is 10.2. The molecule has 1 N–H and O–H groups in total. The van der Waals surface area contributed by atoms with Gasteiger partial charge in [-0.15, -0.1) is 0 Å². The SMILES string of the molecule is Cc1cc(Br)oc1/C(=N\NC=O)C(C)C. The van der Waals surface area contributed by atoms with Crippen LogP contribution in [0.15, 0.2) is 20.3 Å². The van der Waals surface area contributed by atoms with Crippen molar-refractivity contribution >= 4 is 28.1 Å². The highest BCUT2D eigenvalue weighted by Crippen LogP contribution is 2.22. The Bertz CT molecular complexity index is 383. The third-order valence-corrected chi connectivity index (χ3v) is 2.30. The van der Waals surface area contributed by atoms with Gasteiger partial charge in [0.25, 0.3) is 0 Å². The molecule has 0 atom stereocenters. The number of carbonyl (C=O) groups is 1. The molecule has 1 heterocycles. The van der Waals surface area contributed by atoms with Crippen molar-refractivity contribution < 1.29 is 9.21 Å². The summed E-state index contributed by atoms with van der Waals surface area (Å²) in [6.07, 6.45) is 0.537. The Balaban J connectivity index is 3.09. The van der Waals surface area contributed by atoms with Crippen LogP contribution in [0.25, 0.3) is 0 Å². The molecule has 0 aliphatic carbocycles. The molecule has 0 bridgehead atoms. The lowest BCUT2D eigenvalue weighted by molar-refractivity contribution is -0.109. The molecule has 4 nitrogen and oxygen atoms in total. The predicted octanol–water partition coefficient (Wildman–Crippen LogP) is 2.46. The Kier molecular flexibility index (Phi) is 4.08. The maximum atomic E-state index is 10.2. The van der Waals surface area contributed by atoms with E-state index < -0.39 is 0 Å². The minimum atomic E-state index is 0.175. The second-order valence-electron chi connectivity index (χ2n) is 3.46. The molecule has 1 amide bonds. The largest absolute Gasteiger partial charge is 0.448 e. The molecule has 1 rings (SSSR count). The normalized spacial score (nSPS) is 11.9. The van der Waals surface area contributed by atoms with E-state index in [9.17, 15) is 4.79 Å². The fourth-order valence-electron chi connectivity index (χ4n) is 1.24. The van der Waals surface area contributed by atoms with Gasteiger partial charge in [0.15, 0.2) is 10.4 Å². The van der Waals surface area contributed by atoms with Crippen LogP contribution in [-0.4, -0.2) is 12.1 Å². The minimum absolute atomic E-state index is 0.175. The number of carbonyl (C=O) groups excluding carboxylic acids is 1. The van der Waals surface area contributed by atoms with Crippen LogP contribution in [0.5, 0.6) is 0 Å². The molecule has 0 fully saturated rings. The molecule has 0 radical (unpaired) electrons. The van der Waals surface area contributed by atoms with Crippen molar-refractivity contribution in [1.29, 1.82) is 0 Å². The van der Waals surface area contributed by atoms with Gasteiger partial charge in [-0.05, 0) is 34.5 Å². The van der Waals surface area contributed by atoms with Gasteiger partial charge in [-0.1, -0.05) is 13.8 Å². The average Bonchev–Trinajstić information content (AvgIpc) is 2.46. The number of halogens is 1. The van der Waals surface area contributed by atoms with Gasteiger partial charge in [0.1, 0.15) is 5.71 Å². The summed E-state index contributed by atoms with van der Waals surface area (Å²) in [5, 5.41) is 3.97. The summed E-state index contributed by atoms with van der Waals surface area (Å²) < 4.78 is 6.13. The molecule has 0 saturated carbocycles. The lowest BCUT2D eigenvalue weighted by atomic mass is 10.0. The maximum Gasteiger partial charge on any atom is 0.227 e. The Morgan fingerprint density at radius 1 is 1.67 bits per heavy atom. The van der Waals surface area contributed by atoms with E-state index in [4.69, 9.17) is 4.42 Å². The van der Waals surface area contributed by atoms with Gasteiger partial charge < -0.3 is 4.42 Å². The topological polar surface area (TPSA) is 54.6 Å². The fraction of sp³-hybridized carbons (Fsp3) is 0.400. The summed E-state index contributed by atoms with van der Waals surface area (Å²) >= 11 is 3.26. The van der Waals surface area contributed by atoms with Crippen molar-refractivity contribution in [1.82, 2.24) is 5.43 Å². The van der Waals surface area contributed by atoms with Crippen LogP contribution in [-0.2, 0) is 4.79 Å². The molecule has 0 spiro atoms. The number of rotatable bonds is 4. The van der Waals surface area contributed by atoms with Crippen molar-refractivity contribution in [2.45, 2.75) is 20.8 Å². The first-order valence-electron chi connectivity index (χ1n) is 4.59. The molecule has 1 aromatic heterocycles. The highest BCUT2D eigenvalue weighted by atomic mass is 79.9. The zero-order valence-corrected chi connectivity index (χ0v) is 10.5. The minimum Gasteiger partial charge on any atom is -0.448 e. The van der Waals surface area contributed by atoms with Crippen LogP contribution in [0.1, 0.15) is 25.2 Å². The van der Waals surface area contributed by atoms with E-state index >= 15 is 0 Å². The first kappa shape index (κ1) is 12.0. The molecule has 0 aromatic carbocycles. The lowest BCUT2D eigenvalue weighted by Crippen LogP contribution is -2.15. The summed E-state index contributed by atoms with van der Waals surface area (Å²) in [6.45, 7) is 5.91. The second kappa shape index (κ2) is 5.11. The summed E-state index contributed by atoms with van der Waals surface area (Å²) in [5.41, 5.74) is 4.01. The van der Waals surface area contributed by atoms with Gasteiger partial charge in [-0.25, -0.2) is 5.43 Å². The Labute approximate surface area is 96.9 Å². The van der Waals surface area contributed by atoms with Crippen LogP contribution < -0.4 is 5.43 Å². The van der Waals surface area contributed by atoms with E-state index in [1.54, 1.807) is 0 Å². The fourth-order valence-corrected chi connectivity index (χ4v) is 1.74. The number of hydrazone groups is 1. The Morgan fingerprint density at radius 2 is 2.33 bits per heavy atom. The number of aryl methyl sites for hydroxylation is 1. The first-order chi connectivity index (χ1) is 7.06. The standard InChI is InChI=1S/C10H13BrN2O2/c1-6(2)9(13-12-5-14)10-7(3)4-8(11)15-10/h4-6H,1-3H3,(H,12,14)/b13-9-. The Hall–Kier alpha value is -1.10. The van der Waals surface area contributed by atoms with Gasteiger partial charge in [0, 0.05) is 5.92 Å². The van der Waals surface area contributed by atoms with Crippen LogP contribution in [0.2, 0.25) is 0 Å². The summed E-state index contributed by atoms with van der Waals surface area (Å²) in [5.74, 6) is 0.875. The number of nitrogens with one attached hydrogen (secondary N) is 1. The zero-order valence-electron chi connectivity index (χ0n) is 8.87. The quantitative estimate of drug-likeness (QED) is 0.520. The number of hydrogen-bond donors (Lipinski definition) is 1. The average molecular weight is 273 g/mol.